The Hall–Kier alpha value is -1.59. The van der Waals surface area contributed by atoms with E-state index in [1.807, 2.05) is 6.07 Å². The van der Waals surface area contributed by atoms with Crippen molar-refractivity contribution in [2.45, 2.75) is 49.3 Å². The molecule has 4 aliphatic rings. The maximum atomic E-state index is 12.7. The number of ketones is 1. The van der Waals surface area contributed by atoms with Crippen LogP contribution in [-0.4, -0.2) is 52.2 Å². The van der Waals surface area contributed by atoms with Gasteiger partial charge in [-0.25, -0.2) is 0 Å². The van der Waals surface area contributed by atoms with Gasteiger partial charge in [-0.3, -0.25) is 9.69 Å². The number of hydrogen-bond acceptors (Lipinski definition) is 5. The second-order valence-electron chi connectivity index (χ2n) is 7.77. The summed E-state index contributed by atoms with van der Waals surface area (Å²) in [5.74, 6) is 0.627. The monoisotopic (exact) mass is 315 g/mol. The summed E-state index contributed by atoms with van der Waals surface area (Å²) in [4.78, 5) is 14.9. The van der Waals surface area contributed by atoms with Gasteiger partial charge < -0.3 is 14.9 Å². The third kappa shape index (κ3) is 1.25. The van der Waals surface area contributed by atoms with E-state index in [2.05, 4.69) is 18.9 Å². The van der Waals surface area contributed by atoms with E-state index in [0.29, 0.717) is 18.6 Å². The number of hydrogen-bond donors (Lipinski definition) is 2. The quantitative estimate of drug-likeness (QED) is 0.747. The van der Waals surface area contributed by atoms with Gasteiger partial charge in [0.05, 0.1) is 11.0 Å². The minimum Gasteiger partial charge on any atom is -0.504 e. The molecular weight excluding hydrogens is 294 g/mol. The second kappa shape index (κ2) is 3.90. The molecular formula is C18H21NO4. The van der Waals surface area contributed by atoms with E-state index in [4.69, 9.17) is 4.74 Å². The molecule has 1 aromatic carbocycles. The van der Waals surface area contributed by atoms with Crippen molar-refractivity contribution in [2.75, 3.05) is 13.6 Å². The molecule has 23 heavy (non-hydrogen) atoms. The van der Waals surface area contributed by atoms with Crippen LogP contribution in [0, 0.1) is 5.92 Å². The van der Waals surface area contributed by atoms with Gasteiger partial charge >= 0.3 is 0 Å². The number of benzene rings is 1. The zero-order valence-corrected chi connectivity index (χ0v) is 13.4. The number of aliphatic hydroxyl groups is 1. The molecule has 0 amide bonds. The van der Waals surface area contributed by atoms with Gasteiger partial charge in [0.15, 0.2) is 23.4 Å². The normalized spacial score (nSPS) is 44.0. The Bertz CT molecular complexity index is 747. The molecule has 2 aliphatic carbocycles. The summed E-state index contributed by atoms with van der Waals surface area (Å²) in [6.07, 6.45) is 0.868. The molecule has 0 radical (unpaired) electrons. The standard InChI is InChI=1S/C18H21NO4/c1-9-8-19(2)13-7-10-3-4-11(20)15-14(10)18(9)16(23-15)12(21)5-6-17(13,18)22/h3-4,9,13,16,20,22H,5-8H2,1-2H3/t9-,13+,16-,17+,18-/m0/s1. The molecule has 1 spiro atoms. The molecule has 122 valence electrons. The molecule has 5 nitrogen and oxygen atoms in total. The molecule has 2 aliphatic heterocycles. The molecule has 1 saturated heterocycles. The van der Waals surface area contributed by atoms with Crippen molar-refractivity contribution >= 4 is 5.78 Å². The number of carbonyl (C=O) groups is 1. The van der Waals surface area contributed by atoms with E-state index < -0.39 is 17.1 Å². The Morgan fingerprint density at radius 1 is 1.39 bits per heavy atom. The molecule has 2 fully saturated rings. The van der Waals surface area contributed by atoms with E-state index in [0.717, 1.165) is 24.1 Å². The van der Waals surface area contributed by atoms with Crippen LogP contribution in [0.15, 0.2) is 12.1 Å². The summed E-state index contributed by atoms with van der Waals surface area (Å²) >= 11 is 0. The lowest BCUT2D eigenvalue weighted by molar-refractivity contribution is -0.201. The van der Waals surface area contributed by atoms with Crippen LogP contribution >= 0.6 is 0 Å². The minimum atomic E-state index is -0.982. The Morgan fingerprint density at radius 2 is 2.17 bits per heavy atom. The van der Waals surface area contributed by atoms with Gasteiger partial charge in [-0.1, -0.05) is 13.0 Å². The first kappa shape index (κ1) is 13.8. The SMILES string of the molecule is C[C@H]1CN(C)[C@@H]2Cc3ccc(O)c4c3[C@]13[C@@H](O4)C(=O)CC[C@@]23O. The van der Waals surface area contributed by atoms with Gasteiger partial charge in [0.25, 0.3) is 0 Å². The highest BCUT2D eigenvalue weighted by Gasteiger charge is 2.75. The van der Waals surface area contributed by atoms with Crippen molar-refractivity contribution in [3.63, 3.8) is 0 Å². The van der Waals surface area contributed by atoms with Crippen LogP contribution in [0.5, 0.6) is 11.5 Å². The maximum Gasteiger partial charge on any atom is 0.174 e. The van der Waals surface area contributed by atoms with Crippen LogP contribution in [0.1, 0.15) is 30.9 Å². The predicted octanol–water partition coefficient (Wildman–Crippen LogP) is 0.991. The summed E-state index contributed by atoms with van der Waals surface area (Å²) in [5.41, 5.74) is 0.295. The first-order chi connectivity index (χ1) is 10.9. The fourth-order valence-electron chi connectivity index (χ4n) is 6.09. The number of likely N-dealkylation sites (N-methyl/N-ethyl adjacent to an activating group) is 1. The number of ether oxygens (including phenoxy) is 1. The predicted molar refractivity (Wildman–Crippen MR) is 82.7 cm³/mol. The molecule has 1 saturated carbocycles. The van der Waals surface area contributed by atoms with Crippen molar-refractivity contribution < 1.29 is 19.7 Å². The Balaban J connectivity index is 1.91. The smallest absolute Gasteiger partial charge is 0.174 e. The van der Waals surface area contributed by atoms with E-state index in [1.54, 1.807) is 6.07 Å². The summed E-state index contributed by atoms with van der Waals surface area (Å²) in [5, 5.41) is 22.1. The van der Waals surface area contributed by atoms with Crippen LogP contribution in [-0.2, 0) is 16.6 Å². The average Bonchev–Trinajstić information content (AvgIpc) is 2.88. The lowest BCUT2D eigenvalue weighted by Gasteiger charge is -2.64. The largest absolute Gasteiger partial charge is 0.504 e. The Kier molecular flexibility index (Phi) is 2.34. The first-order valence-electron chi connectivity index (χ1n) is 8.38. The highest BCUT2D eigenvalue weighted by atomic mass is 16.5. The van der Waals surface area contributed by atoms with Gasteiger partial charge in [0.2, 0.25) is 0 Å². The van der Waals surface area contributed by atoms with Gasteiger partial charge in [0.1, 0.15) is 0 Å². The van der Waals surface area contributed by atoms with Crippen molar-refractivity contribution in [1.82, 2.24) is 4.90 Å². The molecule has 5 heteroatoms. The van der Waals surface area contributed by atoms with Crippen molar-refractivity contribution in [1.29, 1.82) is 0 Å². The van der Waals surface area contributed by atoms with Crippen LogP contribution in [0.4, 0.5) is 0 Å². The molecule has 0 unspecified atom stereocenters. The Morgan fingerprint density at radius 3 is 2.96 bits per heavy atom. The number of piperidine rings is 1. The number of carbonyl (C=O) groups excluding carboxylic acids is 1. The van der Waals surface area contributed by atoms with Crippen LogP contribution in [0.3, 0.4) is 0 Å². The van der Waals surface area contributed by atoms with Crippen molar-refractivity contribution in [2.24, 2.45) is 5.92 Å². The number of rotatable bonds is 0. The second-order valence-corrected chi connectivity index (χ2v) is 7.77. The summed E-state index contributed by atoms with van der Waals surface area (Å²) < 4.78 is 6.01. The van der Waals surface area contributed by atoms with Gasteiger partial charge in [0, 0.05) is 24.6 Å². The zero-order chi connectivity index (χ0) is 16.1. The molecule has 5 rings (SSSR count). The maximum absolute atomic E-state index is 12.7. The van der Waals surface area contributed by atoms with Crippen LogP contribution in [0.2, 0.25) is 0 Å². The highest BCUT2D eigenvalue weighted by molar-refractivity contribution is 5.90. The minimum absolute atomic E-state index is 0.0131. The fraction of sp³-hybridized carbons (Fsp3) is 0.611. The van der Waals surface area contributed by atoms with Gasteiger partial charge in [-0.05, 0) is 37.4 Å². The van der Waals surface area contributed by atoms with Crippen LogP contribution in [0.25, 0.3) is 0 Å². The van der Waals surface area contributed by atoms with Crippen molar-refractivity contribution in [3.8, 4) is 11.5 Å². The topological polar surface area (TPSA) is 70.0 Å². The zero-order valence-electron chi connectivity index (χ0n) is 13.4. The summed E-state index contributed by atoms with van der Waals surface area (Å²) in [7, 11) is 2.06. The third-order valence-electron chi connectivity index (χ3n) is 6.88. The third-order valence-corrected chi connectivity index (χ3v) is 6.88. The van der Waals surface area contributed by atoms with Crippen molar-refractivity contribution in [3.05, 3.63) is 23.3 Å². The molecule has 0 aromatic heterocycles. The molecule has 5 atom stereocenters. The number of Topliss-reactive ketones (excluding diaryl/α,β-unsaturated/α-hetero) is 1. The van der Waals surface area contributed by atoms with E-state index in [1.165, 1.54) is 0 Å². The molecule has 2 heterocycles. The fourth-order valence-corrected chi connectivity index (χ4v) is 6.09. The van der Waals surface area contributed by atoms with E-state index in [9.17, 15) is 15.0 Å². The Labute approximate surface area is 134 Å². The van der Waals surface area contributed by atoms with Gasteiger partial charge in [-0.15, -0.1) is 0 Å². The van der Waals surface area contributed by atoms with Crippen LogP contribution < -0.4 is 4.74 Å². The first-order valence-corrected chi connectivity index (χ1v) is 8.38. The number of aromatic hydroxyl groups is 1. The van der Waals surface area contributed by atoms with E-state index >= 15 is 0 Å². The average molecular weight is 315 g/mol. The number of nitrogens with zero attached hydrogens (tertiary/aromatic N) is 1. The number of likely N-dealkylation sites (tertiary alicyclic amines) is 1. The number of phenolic OH excluding ortho intramolecular Hbond substituents is 1. The summed E-state index contributed by atoms with van der Waals surface area (Å²) in [6, 6.07) is 3.57. The number of phenols is 1. The highest BCUT2D eigenvalue weighted by Crippen LogP contribution is 2.66. The van der Waals surface area contributed by atoms with E-state index in [-0.39, 0.29) is 23.5 Å². The molecule has 1 aromatic rings. The van der Waals surface area contributed by atoms with Gasteiger partial charge in [-0.2, -0.15) is 0 Å². The lowest BCUT2D eigenvalue weighted by Crippen LogP contribution is -2.78. The molecule has 2 bridgehead atoms. The summed E-state index contributed by atoms with van der Waals surface area (Å²) in [6.45, 7) is 2.91. The molecule has 2 N–H and O–H groups in total. The lowest BCUT2D eigenvalue weighted by atomic mass is 9.46.